The molecule has 0 aliphatic rings. The first-order chi connectivity index (χ1) is 14.8. The smallest absolute Gasteiger partial charge is 0.273 e. The zero-order chi connectivity index (χ0) is 22.4. The molecule has 8 heteroatoms. The first kappa shape index (κ1) is 22.5. The van der Waals surface area contributed by atoms with Gasteiger partial charge in [0.1, 0.15) is 0 Å². The summed E-state index contributed by atoms with van der Waals surface area (Å²) in [4.78, 5) is 24.5. The highest BCUT2D eigenvalue weighted by Gasteiger charge is 2.16. The maximum absolute atomic E-state index is 12.4. The molecule has 0 radical (unpaired) electrons. The van der Waals surface area contributed by atoms with Gasteiger partial charge in [-0.25, -0.2) is 5.43 Å². The van der Waals surface area contributed by atoms with Crippen LogP contribution in [0.15, 0.2) is 77.9 Å². The van der Waals surface area contributed by atoms with Gasteiger partial charge in [0.15, 0.2) is 6.10 Å². The van der Waals surface area contributed by atoms with Gasteiger partial charge in [0.25, 0.3) is 11.8 Å². The molecule has 0 saturated heterocycles. The summed E-state index contributed by atoms with van der Waals surface area (Å²) in [6, 6.07) is 20.1. The molecule has 1 atom stereocenters. The maximum Gasteiger partial charge on any atom is 0.273 e. The van der Waals surface area contributed by atoms with Crippen LogP contribution in [0.3, 0.4) is 0 Å². The number of halogens is 2. The van der Waals surface area contributed by atoms with Crippen LogP contribution in [0, 0.1) is 0 Å². The lowest BCUT2D eigenvalue weighted by Gasteiger charge is -2.10. The number of carbonyl (C=O) groups excluding carboxylic acids is 2. The summed E-state index contributed by atoms with van der Waals surface area (Å²) in [6.45, 7) is 1.72. The standard InChI is InChI=1S/C23H19Cl2N3O3/c1-14(27-28-23(31)21(29)16-5-3-2-4-6-16)15-7-10-18(11-8-15)26-22(30)19-12-9-17(24)13-20(19)25/h2-13,21,29H,1H3,(H,26,30)(H,28,31)/b27-14+/t21-/m0/s1. The van der Waals surface area contributed by atoms with E-state index in [0.29, 0.717) is 27.5 Å². The second-order valence-electron chi connectivity index (χ2n) is 6.64. The number of hydrogen-bond donors (Lipinski definition) is 3. The van der Waals surface area contributed by atoms with Crippen LogP contribution in [-0.2, 0) is 4.79 Å². The molecule has 0 fully saturated rings. The van der Waals surface area contributed by atoms with Crippen molar-refractivity contribution < 1.29 is 14.7 Å². The number of aliphatic hydroxyl groups is 1. The number of hydrazone groups is 1. The number of aliphatic hydroxyl groups excluding tert-OH is 1. The largest absolute Gasteiger partial charge is 0.378 e. The summed E-state index contributed by atoms with van der Waals surface area (Å²) < 4.78 is 0. The van der Waals surface area contributed by atoms with Crippen LogP contribution in [0.4, 0.5) is 5.69 Å². The van der Waals surface area contributed by atoms with Crippen molar-refractivity contribution in [2.75, 3.05) is 5.32 Å². The van der Waals surface area contributed by atoms with Crippen LogP contribution < -0.4 is 10.7 Å². The second kappa shape index (κ2) is 10.2. The molecular weight excluding hydrogens is 437 g/mol. The zero-order valence-corrected chi connectivity index (χ0v) is 18.0. The predicted octanol–water partition coefficient (Wildman–Crippen LogP) is 4.82. The first-order valence-corrected chi connectivity index (χ1v) is 10.0. The van der Waals surface area contributed by atoms with Crippen molar-refractivity contribution in [3.8, 4) is 0 Å². The lowest BCUT2D eigenvalue weighted by Crippen LogP contribution is -2.26. The predicted molar refractivity (Wildman–Crippen MR) is 123 cm³/mol. The molecule has 0 aromatic heterocycles. The van der Waals surface area contributed by atoms with E-state index in [0.717, 1.165) is 5.56 Å². The normalized spacial score (nSPS) is 12.2. The summed E-state index contributed by atoms with van der Waals surface area (Å²) in [5, 5.41) is 17.6. The molecule has 0 heterocycles. The molecule has 0 spiro atoms. The van der Waals surface area contributed by atoms with Crippen LogP contribution in [-0.4, -0.2) is 22.6 Å². The molecule has 3 aromatic rings. The summed E-state index contributed by atoms with van der Waals surface area (Å²) in [5.74, 6) is -0.990. The van der Waals surface area contributed by atoms with E-state index in [-0.39, 0.29) is 10.9 Å². The lowest BCUT2D eigenvalue weighted by atomic mass is 10.1. The number of nitrogens with one attached hydrogen (secondary N) is 2. The van der Waals surface area contributed by atoms with E-state index in [2.05, 4.69) is 15.8 Å². The molecule has 158 valence electrons. The molecule has 0 aliphatic heterocycles. The van der Waals surface area contributed by atoms with Crippen molar-refractivity contribution in [3.63, 3.8) is 0 Å². The summed E-state index contributed by atoms with van der Waals surface area (Å²) in [5.41, 5.74) is 4.99. The van der Waals surface area contributed by atoms with Gasteiger partial charge in [-0.15, -0.1) is 0 Å². The Morgan fingerprint density at radius 1 is 0.968 bits per heavy atom. The Morgan fingerprint density at radius 2 is 1.65 bits per heavy atom. The quantitative estimate of drug-likeness (QED) is 0.367. The highest BCUT2D eigenvalue weighted by molar-refractivity contribution is 6.37. The number of nitrogens with zero attached hydrogens (tertiary/aromatic N) is 1. The highest BCUT2D eigenvalue weighted by atomic mass is 35.5. The number of rotatable bonds is 6. The van der Waals surface area contributed by atoms with Crippen molar-refractivity contribution in [1.29, 1.82) is 0 Å². The van der Waals surface area contributed by atoms with Crippen molar-refractivity contribution >= 4 is 46.4 Å². The van der Waals surface area contributed by atoms with Crippen LogP contribution >= 0.6 is 23.2 Å². The molecule has 3 rings (SSSR count). The van der Waals surface area contributed by atoms with Crippen molar-refractivity contribution in [3.05, 3.63) is 99.5 Å². The summed E-state index contributed by atoms with van der Waals surface area (Å²) in [6.07, 6.45) is -1.31. The number of hydrogen-bond acceptors (Lipinski definition) is 4. The van der Waals surface area contributed by atoms with Gasteiger partial charge in [-0.1, -0.05) is 65.7 Å². The number of anilines is 1. The minimum Gasteiger partial charge on any atom is -0.378 e. The third-order valence-electron chi connectivity index (χ3n) is 4.43. The van der Waals surface area contributed by atoms with Gasteiger partial charge in [-0.2, -0.15) is 5.10 Å². The van der Waals surface area contributed by atoms with Crippen LogP contribution in [0.5, 0.6) is 0 Å². The Hall–Kier alpha value is -3.19. The fraction of sp³-hybridized carbons (Fsp3) is 0.0870. The van der Waals surface area contributed by atoms with Crippen molar-refractivity contribution in [2.45, 2.75) is 13.0 Å². The fourth-order valence-electron chi connectivity index (χ4n) is 2.72. The highest BCUT2D eigenvalue weighted by Crippen LogP contribution is 2.22. The molecule has 6 nitrogen and oxygen atoms in total. The molecule has 0 saturated carbocycles. The van der Waals surface area contributed by atoms with Gasteiger partial charge < -0.3 is 10.4 Å². The molecule has 31 heavy (non-hydrogen) atoms. The van der Waals surface area contributed by atoms with E-state index in [1.165, 1.54) is 6.07 Å². The van der Waals surface area contributed by atoms with Gasteiger partial charge in [0, 0.05) is 10.7 Å². The van der Waals surface area contributed by atoms with E-state index < -0.39 is 12.0 Å². The van der Waals surface area contributed by atoms with E-state index in [9.17, 15) is 14.7 Å². The van der Waals surface area contributed by atoms with Crippen LogP contribution in [0.25, 0.3) is 0 Å². The minimum absolute atomic E-state index is 0.262. The summed E-state index contributed by atoms with van der Waals surface area (Å²) >= 11 is 11.9. The van der Waals surface area contributed by atoms with E-state index >= 15 is 0 Å². The average molecular weight is 456 g/mol. The number of amides is 2. The van der Waals surface area contributed by atoms with E-state index in [1.807, 2.05) is 0 Å². The third kappa shape index (κ3) is 5.92. The van der Waals surface area contributed by atoms with Gasteiger partial charge in [0.2, 0.25) is 0 Å². The summed E-state index contributed by atoms with van der Waals surface area (Å²) in [7, 11) is 0. The fourth-order valence-corrected chi connectivity index (χ4v) is 3.21. The Bertz CT molecular complexity index is 1120. The second-order valence-corrected chi connectivity index (χ2v) is 7.49. The first-order valence-electron chi connectivity index (χ1n) is 9.29. The Kier molecular flexibility index (Phi) is 7.41. The molecule has 0 aliphatic carbocycles. The van der Waals surface area contributed by atoms with Gasteiger partial charge in [-0.05, 0) is 48.4 Å². The van der Waals surface area contributed by atoms with Crippen molar-refractivity contribution in [2.24, 2.45) is 5.10 Å². The molecule has 2 amide bonds. The van der Waals surface area contributed by atoms with Gasteiger partial charge >= 0.3 is 0 Å². The Morgan fingerprint density at radius 3 is 2.29 bits per heavy atom. The average Bonchev–Trinajstić information content (AvgIpc) is 2.77. The molecule has 3 aromatic carbocycles. The topological polar surface area (TPSA) is 90.8 Å². The molecule has 0 bridgehead atoms. The Labute approximate surface area is 189 Å². The molecular formula is C23H19Cl2N3O3. The molecule has 0 unspecified atom stereocenters. The Balaban J connectivity index is 1.62. The van der Waals surface area contributed by atoms with Crippen LogP contribution in [0.2, 0.25) is 10.0 Å². The lowest BCUT2D eigenvalue weighted by molar-refractivity contribution is -0.129. The van der Waals surface area contributed by atoms with Crippen molar-refractivity contribution in [1.82, 2.24) is 5.43 Å². The van der Waals surface area contributed by atoms with Crippen LogP contribution in [0.1, 0.15) is 34.5 Å². The maximum atomic E-state index is 12.4. The SMILES string of the molecule is C/C(=N\NC(=O)[C@@H](O)c1ccccc1)c1ccc(NC(=O)c2ccc(Cl)cc2Cl)cc1. The number of benzene rings is 3. The van der Waals surface area contributed by atoms with Gasteiger partial charge in [-0.3, -0.25) is 9.59 Å². The van der Waals surface area contributed by atoms with Gasteiger partial charge in [0.05, 0.1) is 16.3 Å². The molecule has 3 N–H and O–H groups in total. The van der Waals surface area contributed by atoms with E-state index in [4.69, 9.17) is 23.2 Å². The minimum atomic E-state index is -1.31. The third-order valence-corrected chi connectivity index (χ3v) is 4.98. The monoisotopic (exact) mass is 455 g/mol. The zero-order valence-electron chi connectivity index (χ0n) is 16.5. The number of carbonyl (C=O) groups is 2. The van der Waals surface area contributed by atoms with E-state index in [1.54, 1.807) is 73.7 Å².